The molecule has 0 aliphatic rings. The van der Waals surface area contributed by atoms with Gasteiger partial charge < -0.3 is 0 Å². The summed E-state index contributed by atoms with van der Waals surface area (Å²) in [5.74, 6) is 0. The van der Waals surface area contributed by atoms with Crippen molar-refractivity contribution < 1.29 is 0 Å². The van der Waals surface area contributed by atoms with Crippen LogP contribution >= 0.6 is 22.9 Å². The van der Waals surface area contributed by atoms with Gasteiger partial charge in [-0.25, -0.2) is 0 Å². The van der Waals surface area contributed by atoms with E-state index in [0.717, 1.165) is 10.3 Å². The normalized spacial score (nSPS) is 11.6. The van der Waals surface area contributed by atoms with Gasteiger partial charge in [-0.05, 0) is 17.5 Å². The smallest absolute Gasteiger partial charge is 0.0928 e. The summed E-state index contributed by atoms with van der Waals surface area (Å²) in [7, 11) is 0. The van der Waals surface area contributed by atoms with Gasteiger partial charge in [0.1, 0.15) is 0 Å². The predicted molar refractivity (Wildman–Crippen MR) is 61.3 cm³/mol. The number of allylic oxidation sites excluding steroid dienone is 1. The summed E-state index contributed by atoms with van der Waals surface area (Å²) in [5, 5.41) is 10.1. The number of nitrogens with zero attached hydrogens (tertiary/aromatic N) is 1. The molecule has 1 aromatic carbocycles. The lowest BCUT2D eigenvalue weighted by molar-refractivity contribution is 1.54. The molecular weight excluding hydrogens is 214 g/mol. The van der Waals surface area contributed by atoms with Crippen molar-refractivity contribution in [3.05, 3.63) is 41.3 Å². The van der Waals surface area contributed by atoms with Gasteiger partial charge in [-0.15, -0.1) is 11.3 Å². The molecule has 1 nitrogen and oxygen atoms in total. The zero-order valence-electron chi connectivity index (χ0n) is 7.20. The first-order chi connectivity index (χ1) is 6.81. The topological polar surface area (TPSA) is 23.8 Å². The molecule has 68 valence electrons. The highest BCUT2D eigenvalue weighted by molar-refractivity contribution is 7.20. The Morgan fingerprint density at radius 3 is 2.93 bits per heavy atom. The monoisotopic (exact) mass is 219 g/mol. The summed E-state index contributed by atoms with van der Waals surface area (Å²) in [6.07, 6.45) is 1.35. The molecule has 1 aromatic heterocycles. The third-order valence-corrected chi connectivity index (χ3v) is 3.43. The van der Waals surface area contributed by atoms with E-state index >= 15 is 0 Å². The zero-order valence-corrected chi connectivity index (χ0v) is 8.77. The van der Waals surface area contributed by atoms with E-state index < -0.39 is 0 Å². The Morgan fingerprint density at radius 2 is 2.21 bits per heavy atom. The van der Waals surface area contributed by atoms with E-state index in [1.54, 1.807) is 11.3 Å². The summed E-state index contributed by atoms with van der Waals surface area (Å²) in [5.41, 5.74) is 0. The molecular formula is C11H6ClNS. The lowest BCUT2D eigenvalue weighted by Gasteiger charge is -1.86. The van der Waals surface area contributed by atoms with E-state index in [9.17, 15) is 0 Å². The highest BCUT2D eigenvalue weighted by atomic mass is 35.5. The molecule has 0 fully saturated rings. The lowest BCUT2D eigenvalue weighted by Crippen LogP contribution is -1.64. The first kappa shape index (κ1) is 9.26. The van der Waals surface area contributed by atoms with E-state index in [4.69, 9.17) is 16.9 Å². The standard InChI is InChI=1S/C11H6ClNS/c12-9(5-6-13)11-7-8-3-1-2-4-10(8)14-11/h1-5,7H/b9-5+. The second kappa shape index (κ2) is 3.83. The summed E-state index contributed by atoms with van der Waals surface area (Å²) in [6.45, 7) is 0. The first-order valence-corrected chi connectivity index (χ1v) is 5.25. The molecule has 3 heteroatoms. The van der Waals surface area contributed by atoms with E-state index in [-0.39, 0.29) is 0 Å². The van der Waals surface area contributed by atoms with Crippen molar-refractivity contribution in [2.24, 2.45) is 0 Å². The first-order valence-electron chi connectivity index (χ1n) is 4.05. The van der Waals surface area contributed by atoms with Crippen molar-refractivity contribution in [2.45, 2.75) is 0 Å². The van der Waals surface area contributed by atoms with Gasteiger partial charge in [0.2, 0.25) is 0 Å². The lowest BCUT2D eigenvalue weighted by atomic mass is 10.2. The van der Waals surface area contributed by atoms with Crippen molar-refractivity contribution in [1.82, 2.24) is 0 Å². The second-order valence-corrected chi connectivity index (χ2v) is 4.26. The quantitative estimate of drug-likeness (QED) is 0.665. The number of fused-ring (bicyclic) bond motifs is 1. The van der Waals surface area contributed by atoms with E-state index in [2.05, 4.69) is 0 Å². The summed E-state index contributed by atoms with van der Waals surface area (Å²) >= 11 is 7.52. The minimum Gasteiger partial charge on any atom is -0.193 e. The van der Waals surface area contributed by atoms with Crippen LogP contribution < -0.4 is 0 Å². The Morgan fingerprint density at radius 1 is 1.43 bits per heavy atom. The van der Waals surface area contributed by atoms with Gasteiger partial charge >= 0.3 is 0 Å². The number of hydrogen-bond acceptors (Lipinski definition) is 2. The maximum absolute atomic E-state index is 8.47. The van der Waals surface area contributed by atoms with Crippen LogP contribution in [0.15, 0.2) is 36.4 Å². The Hall–Kier alpha value is -1.30. The molecule has 0 radical (unpaired) electrons. The zero-order chi connectivity index (χ0) is 9.97. The van der Waals surface area contributed by atoms with Crippen molar-refractivity contribution in [3.63, 3.8) is 0 Å². The Balaban J connectivity index is 2.57. The molecule has 0 bridgehead atoms. The molecule has 0 spiro atoms. The van der Waals surface area contributed by atoms with Crippen LogP contribution in [-0.2, 0) is 0 Å². The molecule has 0 amide bonds. The average molecular weight is 220 g/mol. The predicted octanol–water partition coefficient (Wildman–Crippen LogP) is 4.00. The van der Waals surface area contributed by atoms with E-state index in [1.807, 2.05) is 36.4 Å². The highest BCUT2D eigenvalue weighted by Gasteiger charge is 2.03. The van der Waals surface area contributed by atoms with Crippen LogP contribution in [0.2, 0.25) is 0 Å². The van der Waals surface area contributed by atoms with Crippen molar-refractivity contribution in [3.8, 4) is 6.07 Å². The van der Waals surface area contributed by atoms with Gasteiger partial charge in [0.05, 0.1) is 11.1 Å². The molecule has 14 heavy (non-hydrogen) atoms. The molecule has 0 saturated carbocycles. The highest BCUT2D eigenvalue weighted by Crippen LogP contribution is 2.31. The van der Waals surface area contributed by atoms with Crippen molar-refractivity contribution in [1.29, 1.82) is 5.26 Å². The SMILES string of the molecule is N#C/C=C(/Cl)c1cc2ccccc2s1. The molecule has 0 aliphatic carbocycles. The fourth-order valence-corrected chi connectivity index (χ4v) is 2.42. The minimum absolute atomic E-state index is 0.508. The molecule has 2 rings (SSSR count). The number of halogens is 1. The third kappa shape index (κ3) is 1.65. The van der Waals surface area contributed by atoms with E-state index in [1.165, 1.54) is 10.8 Å². The minimum atomic E-state index is 0.508. The van der Waals surface area contributed by atoms with Crippen LogP contribution in [0, 0.1) is 11.3 Å². The van der Waals surface area contributed by atoms with Crippen LogP contribution in [0.3, 0.4) is 0 Å². The van der Waals surface area contributed by atoms with Gasteiger partial charge in [-0.2, -0.15) is 5.26 Å². The number of nitriles is 1. The number of hydrogen-bond donors (Lipinski definition) is 0. The fraction of sp³-hybridized carbons (Fsp3) is 0. The summed E-state index contributed by atoms with van der Waals surface area (Å²) < 4.78 is 1.19. The fourth-order valence-electron chi connectivity index (χ4n) is 1.23. The Labute approximate surface area is 90.9 Å². The molecule has 0 saturated heterocycles. The van der Waals surface area contributed by atoms with Crippen LogP contribution in [0.5, 0.6) is 0 Å². The van der Waals surface area contributed by atoms with Gasteiger partial charge in [-0.3, -0.25) is 0 Å². The maximum Gasteiger partial charge on any atom is 0.0928 e. The maximum atomic E-state index is 8.47. The third-order valence-electron chi connectivity index (χ3n) is 1.85. The van der Waals surface area contributed by atoms with Crippen LogP contribution in [-0.4, -0.2) is 0 Å². The molecule has 0 aliphatic heterocycles. The van der Waals surface area contributed by atoms with Crippen molar-refractivity contribution >= 4 is 38.1 Å². The van der Waals surface area contributed by atoms with Gasteiger partial charge in [0.25, 0.3) is 0 Å². The average Bonchev–Trinajstić information content (AvgIpc) is 2.61. The Bertz CT molecular complexity index is 500. The summed E-state index contributed by atoms with van der Waals surface area (Å²) in [6, 6.07) is 12.0. The molecule has 2 aromatic rings. The van der Waals surface area contributed by atoms with Crippen LogP contribution in [0.4, 0.5) is 0 Å². The van der Waals surface area contributed by atoms with Gasteiger partial charge in [0, 0.05) is 15.7 Å². The molecule has 0 atom stereocenters. The van der Waals surface area contributed by atoms with Crippen LogP contribution in [0.25, 0.3) is 15.1 Å². The van der Waals surface area contributed by atoms with Gasteiger partial charge in [0.15, 0.2) is 0 Å². The number of rotatable bonds is 1. The molecule has 1 heterocycles. The molecule has 0 N–H and O–H groups in total. The van der Waals surface area contributed by atoms with E-state index in [0.29, 0.717) is 5.03 Å². The summed E-state index contributed by atoms with van der Waals surface area (Å²) in [4.78, 5) is 0.939. The van der Waals surface area contributed by atoms with Crippen LogP contribution in [0.1, 0.15) is 4.88 Å². The molecule has 0 unspecified atom stereocenters. The van der Waals surface area contributed by atoms with Gasteiger partial charge in [-0.1, -0.05) is 29.8 Å². The van der Waals surface area contributed by atoms with Crippen molar-refractivity contribution in [2.75, 3.05) is 0 Å². The number of benzene rings is 1. The Kier molecular flexibility index (Phi) is 2.53. The second-order valence-electron chi connectivity index (χ2n) is 2.77. The number of thiophene rings is 1. The largest absolute Gasteiger partial charge is 0.193 e.